The number of carbonyl (C=O) groups excluding carboxylic acids is 1. The minimum Gasteiger partial charge on any atom is -0.336 e. The molecule has 0 atom stereocenters. The maximum Gasteiger partial charge on any atom is 0.416 e. The van der Waals surface area contributed by atoms with E-state index in [0.29, 0.717) is 34.0 Å². The molecule has 0 N–H and O–H groups in total. The number of alkyl halides is 6. The van der Waals surface area contributed by atoms with Gasteiger partial charge >= 0.3 is 12.4 Å². The standard InChI is InChI=1S/C27H20F6N2O2/c1-34(15-16-12-18(26(28,29)30)14-19(13-16)27(31,32)33)25(37)23-22(17-8-4-3-5-9-17)20-10-6-7-11-21(20)24(36)35(23)2/h3-14H,15H2,1-2H3. The Bertz CT molecular complexity index is 1510. The van der Waals surface area contributed by atoms with Crippen LogP contribution >= 0.6 is 0 Å². The number of fused-ring (bicyclic) bond motifs is 1. The van der Waals surface area contributed by atoms with Crippen molar-refractivity contribution in [2.45, 2.75) is 18.9 Å². The number of amides is 1. The number of carbonyl (C=O) groups is 1. The second-order valence-corrected chi connectivity index (χ2v) is 8.57. The molecule has 10 heteroatoms. The van der Waals surface area contributed by atoms with Crippen LogP contribution in [0.5, 0.6) is 0 Å². The first-order valence-corrected chi connectivity index (χ1v) is 11.0. The predicted molar refractivity (Wildman–Crippen MR) is 127 cm³/mol. The lowest BCUT2D eigenvalue weighted by molar-refractivity contribution is -0.143. The van der Waals surface area contributed by atoms with E-state index in [-0.39, 0.29) is 17.3 Å². The molecule has 4 rings (SSSR count). The molecule has 4 aromatic rings. The van der Waals surface area contributed by atoms with Gasteiger partial charge in [0.25, 0.3) is 11.5 Å². The summed E-state index contributed by atoms with van der Waals surface area (Å²) in [7, 11) is 2.65. The minimum absolute atomic E-state index is 0.0336. The van der Waals surface area contributed by atoms with Gasteiger partial charge in [-0.15, -0.1) is 0 Å². The van der Waals surface area contributed by atoms with Gasteiger partial charge in [-0.3, -0.25) is 9.59 Å². The number of hydrogen-bond donors (Lipinski definition) is 0. The topological polar surface area (TPSA) is 42.3 Å². The smallest absolute Gasteiger partial charge is 0.336 e. The van der Waals surface area contributed by atoms with Gasteiger partial charge < -0.3 is 9.47 Å². The van der Waals surface area contributed by atoms with Crippen molar-refractivity contribution in [2.75, 3.05) is 7.05 Å². The highest BCUT2D eigenvalue weighted by molar-refractivity contribution is 6.08. The van der Waals surface area contributed by atoms with Crippen LogP contribution in [0.1, 0.15) is 27.2 Å². The van der Waals surface area contributed by atoms with Crippen molar-refractivity contribution in [3.8, 4) is 11.1 Å². The third-order valence-corrected chi connectivity index (χ3v) is 5.98. The first kappa shape index (κ1) is 26.0. The molecular formula is C27H20F6N2O2. The van der Waals surface area contributed by atoms with E-state index in [0.717, 1.165) is 9.47 Å². The average Bonchev–Trinajstić information content (AvgIpc) is 2.85. The maximum atomic E-state index is 13.6. The minimum atomic E-state index is -5.01. The van der Waals surface area contributed by atoms with Gasteiger partial charge in [-0.2, -0.15) is 26.3 Å². The van der Waals surface area contributed by atoms with E-state index in [1.807, 2.05) is 0 Å². The second-order valence-electron chi connectivity index (χ2n) is 8.57. The van der Waals surface area contributed by atoms with Crippen molar-refractivity contribution in [3.63, 3.8) is 0 Å². The molecule has 0 radical (unpaired) electrons. The zero-order valence-electron chi connectivity index (χ0n) is 19.6. The largest absolute Gasteiger partial charge is 0.416 e. The van der Waals surface area contributed by atoms with Crippen LogP contribution in [-0.2, 0) is 25.9 Å². The molecule has 37 heavy (non-hydrogen) atoms. The lowest BCUT2D eigenvalue weighted by Gasteiger charge is -2.23. The highest BCUT2D eigenvalue weighted by atomic mass is 19.4. The van der Waals surface area contributed by atoms with Crippen molar-refractivity contribution < 1.29 is 31.1 Å². The molecule has 1 amide bonds. The Morgan fingerprint density at radius 1 is 0.811 bits per heavy atom. The van der Waals surface area contributed by atoms with Crippen molar-refractivity contribution in [1.82, 2.24) is 9.47 Å². The second kappa shape index (κ2) is 9.42. The van der Waals surface area contributed by atoms with Crippen LogP contribution in [0.15, 0.2) is 77.6 Å². The molecule has 0 bridgehead atoms. The third kappa shape index (κ3) is 5.09. The molecule has 0 saturated heterocycles. The zero-order valence-corrected chi connectivity index (χ0v) is 19.6. The predicted octanol–water partition coefficient (Wildman–Crippen LogP) is 6.52. The van der Waals surface area contributed by atoms with Crippen LogP contribution in [0.2, 0.25) is 0 Å². The van der Waals surface area contributed by atoms with Gasteiger partial charge in [0.15, 0.2) is 0 Å². The van der Waals surface area contributed by atoms with Crippen molar-refractivity contribution >= 4 is 16.7 Å². The van der Waals surface area contributed by atoms with E-state index in [2.05, 4.69) is 0 Å². The summed E-state index contributed by atoms with van der Waals surface area (Å²) in [6.07, 6.45) is -10.0. The Morgan fingerprint density at radius 3 is 1.86 bits per heavy atom. The Morgan fingerprint density at radius 2 is 1.32 bits per heavy atom. The molecule has 192 valence electrons. The summed E-state index contributed by atoms with van der Waals surface area (Å²) in [4.78, 5) is 27.7. The monoisotopic (exact) mass is 518 g/mol. The molecular weight excluding hydrogens is 498 g/mol. The lowest BCUT2D eigenvalue weighted by Crippen LogP contribution is -2.33. The summed E-state index contributed by atoms with van der Waals surface area (Å²) >= 11 is 0. The summed E-state index contributed by atoms with van der Waals surface area (Å²) in [5.41, 5.74) is -2.77. The van der Waals surface area contributed by atoms with Gasteiger partial charge in [0.2, 0.25) is 0 Å². The number of rotatable bonds is 4. The van der Waals surface area contributed by atoms with Crippen LogP contribution < -0.4 is 5.56 Å². The average molecular weight is 518 g/mol. The fourth-order valence-corrected chi connectivity index (χ4v) is 4.25. The fraction of sp³-hybridized carbons (Fsp3) is 0.185. The number of pyridine rings is 1. The molecule has 0 fully saturated rings. The first-order chi connectivity index (χ1) is 17.3. The normalized spacial score (nSPS) is 12.1. The maximum absolute atomic E-state index is 13.6. The van der Waals surface area contributed by atoms with Crippen molar-refractivity contribution in [1.29, 1.82) is 0 Å². The number of benzene rings is 3. The van der Waals surface area contributed by atoms with Gasteiger partial charge in [0.05, 0.1) is 11.1 Å². The SMILES string of the molecule is CN(Cc1cc(C(F)(F)F)cc(C(F)(F)F)c1)C(=O)c1c(-c2ccccc2)c2ccccc2c(=O)n1C. The number of nitrogens with zero attached hydrogens (tertiary/aromatic N) is 2. The Labute approximate surface area is 207 Å². The molecule has 0 unspecified atom stereocenters. The molecule has 4 nitrogen and oxygen atoms in total. The number of halogens is 6. The van der Waals surface area contributed by atoms with Crippen molar-refractivity contribution in [3.05, 3.63) is 106 Å². The molecule has 1 aromatic heterocycles. The summed E-state index contributed by atoms with van der Waals surface area (Å²) in [5.74, 6) is -0.741. The quantitative estimate of drug-likeness (QED) is 0.289. The van der Waals surface area contributed by atoms with E-state index in [4.69, 9.17) is 0 Å². The Hall–Kier alpha value is -4.08. The first-order valence-electron chi connectivity index (χ1n) is 11.0. The summed E-state index contributed by atoms with van der Waals surface area (Å²) in [6.45, 7) is -0.554. The van der Waals surface area contributed by atoms with E-state index < -0.39 is 41.5 Å². The number of hydrogen-bond acceptors (Lipinski definition) is 2. The van der Waals surface area contributed by atoms with Crippen LogP contribution in [0, 0.1) is 0 Å². The molecule has 0 aliphatic rings. The summed E-state index contributed by atoms with van der Waals surface area (Å²) < 4.78 is 80.9. The summed E-state index contributed by atoms with van der Waals surface area (Å²) in [6, 6.07) is 16.6. The van der Waals surface area contributed by atoms with Crippen molar-refractivity contribution in [2.24, 2.45) is 7.05 Å². The van der Waals surface area contributed by atoms with Crippen LogP contribution in [-0.4, -0.2) is 22.4 Å². The molecule has 1 heterocycles. The van der Waals surface area contributed by atoms with E-state index in [9.17, 15) is 35.9 Å². The highest BCUT2D eigenvalue weighted by Crippen LogP contribution is 2.37. The lowest BCUT2D eigenvalue weighted by atomic mass is 9.96. The fourth-order valence-electron chi connectivity index (χ4n) is 4.25. The van der Waals surface area contributed by atoms with E-state index in [1.165, 1.54) is 14.1 Å². The number of aromatic nitrogens is 1. The van der Waals surface area contributed by atoms with Gasteiger partial charge in [-0.1, -0.05) is 48.5 Å². The van der Waals surface area contributed by atoms with Crippen LogP contribution in [0.4, 0.5) is 26.3 Å². The molecule has 0 saturated carbocycles. The van der Waals surface area contributed by atoms with Gasteiger partial charge in [0.1, 0.15) is 5.69 Å². The van der Waals surface area contributed by atoms with Crippen LogP contribution in [0.3, 0.4) is 0 Å². The van der Waals surface area contributed by atoms with E-state index >= 15 is 0 Å². The van der Waals surface area contributed by atoms with Gasteiger partial charge in [-0.25, -0.2) is 0 Å². The molecule has 0 aliphatic carbocycles. The van der Waals surface area contributed by atoms with Gasteiger partial charge in [-0.05, 0) is 40.8 Å². The molecule has 0 aliphatic heterocycles. The van der Waals surface area contributed by atoms with Crippen LogP contribution in [0.25, 0.3) is 21.9 Å². The Kier molecular flexibility index (Phi) is 6.62. The summed E-state index contributed by atoms with van der Waals surface area (Å²) in [5, 5.41) is 0.850. The van der Waals surface area contributed by atoms with Gasteiger partial charge in [0, 0.05) is 31.6 Å². The Balaban J connectivity index is 1.85. The zero-order chi connectivity index (χ0) is 27.1. The molecule has 3 aromatic carbocycles. The van der Waals surface area contributed by atoms with E-state index in [1.54, 1.807) is 54.6 Å². The highest BCUT2D eigenvalue weighted by Gasteiger charge is 2.37. The third-order valence-electron chi connectivity index (χ3n) is 5.98. The molecule has 0 spiro atoms.